The number of hydrogen-bond donors (Lipinski definition) is 1. The smallest absolute Gasteiger partial charge is 0.109 e. The first-order valence-electron chi connectivity index (χ1n) is 6.03. The van der Waals surface area contributed by atoms with Crippen LogP contribution >= 0.6 is 11.3 Å². The SMILES string of the molecule is CNC1CCN(C(C)c2nccs2)CC1C. The number of likely N-dealkylation sites (tertiary alicyclic amines) is 1. The van der Waals surface area contributed by atoms with Gasteiger partial charge in [-0.1, -0.05) is 6.92 Å². The molecular formula is C12H21N3S. The third-order valence-electron chi connectivity index (χ3n) is 3.66. The molecule has 0 radical (unpaired) electrons. The Morgan fingerprint density at radius 2 is 2.44 bits per heavy atom. The Hall–Kier alpha value is -0.450. The van der Waals surface area contributed by atoms with Crippen LogP contribution in [0.25, 0.3) is 0 Å². The summed E-state index contributed by atoms with van der Waals surface area (Å²) in [5.74, 6) is 0.723. The van der Waals surface area contributed by atoms with Gasteiger partial charge in [0.05, 0.1) is 6.04 Å². The summed E-state index contributed by atoms with van der Waals surface area (Å²) in [6.07, 6.45) is 3.15. The maximum atomic E-state index is 4.42. The van der Waals surface area contributed by atoms with Crippen LogP contribution in [0.15, 0.2) is 11.6 Å². The highest BCUT2D eigenvalue weighted by atomic mass is 32.1. The van der Waals surface area contributed by atoms with E-state index in [1.54, 1.807) is 11.3 Å². The van der Waals surface area contributed by atoms with Gasteiger partial charge in [-0.05, 0) is 26.3 Å². The molecule has 0 aliphatic carbocycles. The van der Waals surface area contributed by atoms with Gasteiger partial charge in [0.1, 0.15) is 5.01 Å². The molecule has 1 fully saturated rings. The highest BCUT2D eigenvalue weighted by Gasteiger charge is 2.28. The lowest BCUT2D eigenvalue weighted by Gasteiger charge is -2.39. The molecule has 2 heterocycles. The zero-order valence-electron chi connectivity index (χ0n) is 10.3. The molecule has 1 aliphatic rings. The second kappa shape index (κ2) is 5.25. The van der Waals surface area contributed by atoms with Crippen LogP contribution in [-0.2, 0) is 0 Å². The first-order valence-corrected chi connectivity index (χ1v) is 6.91. The molecule has 0 amide bonds. The molecule has 0 spiro atoms. The van der Waals surface area contributed by atoms with Crippen molar-refractivity contribution in [2.45, 2.75) is 32.4 Å². The van der Waals surface area contributed by atoms with Crippen molar-refractivity contribution in [3.05, 3.63) is 16.6 Å². The van der Waals surface area contributed by atoms with Crippen molar-refractivity contribution >= 4 is 11.3 Å². The minimum Gasteiger partial charge on any atom is -0.317 e. The van der Waals surface area contributed by atoms with Crippen LogP contribution in [0.1, 0.15) is 31.3 Å². The summed E-state index contributed by atoms with van der Waals surface area (Å²) >= 11 is 1.76. The summed E-state index contributed by atoms with van der Waals surface area (Å²) in [6, 6.07) is 1.15. The van der Waals surface area contributed by atoms with Crippen LogP contribution in [0.5, 0.6) is 0 Å². The Kier molecular flexibility index (Phi) is 3.95. The third kappa shape index (κ3) is 2.44. The zero-order chi connectivity index (χ0) is 11.5. The number of nitrogens with zero attached hydrogens (tertiary/aromatic N) is 2. The Balaban J connectivity index is 1.97. The second-order valence-electron chi connectivity index (χ2n) is 4.70. The fourth-order valence-corrected chi connectivity index (χ4v) is 3.28. The van der Waals surface area contributed by atoms with Gasteiger partial charge < -0.3 is 5.32 Å². The van der Waals surface area contributed by atoms with Gasteiger partial charge in [0.25, 0.3) is 0 Å². The molecule has 1 aromatic rings. The summed E-state index contributed by atoms with van der Waals surface area (Å²) in [4.78, 5) is 6.97. The normalized spacial score (nSPS) is 29.2. The van der Waals surface area contributed by atoms with Crippen LogP contribution in [0.3, 0.4) is 0 Å². The first-order chi connectivity index (χ1) is 7.72. The number of hydrogen-bond acceptors (Lipinski definition) is 4. The van der Waals surface area contributed by atoms with Gasteiger partial charge >= 0.3 is 0 Å². The monoisotopic (exact) mass is 239 g/mol. The molecule has 3 atom stereocenters. The molecule has 90 valence electrons. The molecule has 0 bridgehead atoms. The average molecular weight is 239 g/mol. The zero-order valence-corrected chi connectivity index (χ0v) is 11.1. The van der Waals surface area contributed by atoms with Crippen molar-refractivity contribution in [2.24, 2.45) is 5.92 Å². The average Bonchev–Trinajstić information content (AvgIpc) is 2.81. The summed E-state index contributed by atoms with van der Waals surface area (Å²) in [7, 11) is 2.07. The molecule has 3 nitrogen and oxygen atoms in total. The molecular weight excluding hydrogens is 218 g/mol. The van der Waals surface area contributed by atoms with Crippen molar-refractivity contribution in [2.75, 3.05) is 20.1 Å². The van der Waals surface area contributed by atoms with E-state index in [0.29, 0.717) is 12.1 Å². The van der Waals surface area contributed by atoms with E-state index in [-0.39, 0.29) is 0 Å². The van der Waals surface area contributed by atoms with Crippen molar-refractivity contribution in [1.29, 1.82) is 0 Å². The lowest BCUT2D eigenvalue weighted by atomic mass is 9.93. The summed E-state index contributed by atoms with van der Waals surface area (Å²) in [6.45, 7) is 6.95. The first kappa shape index (κ1) is 12.0. The number of aromatic nitrogens is 1. The topological polar surface area (TPSA) is 28.2 Å². The van der Waals surface area contributed by atoms with Gasteiger partial charge in [0.2, 0.25) is 0 Å². The largest absolute Gasteiger partial charge is 0.317 e. The standard InChI is InChI=1S/C12H21N3S/c1-9-8-15(6-4-11(9)13-3)10(2)12-14-5-7-16-12/h5,7,9-11,13H,4,6,8H2,1-3H3. The Labute approximate surface area is 102 Å². The predicted octanol–water partition coefficient (Wildman–Crippen LogP) is 2.13. The molecule has 4 heteroatoms. The lowest BCUT2D eigenvalue weighted by Crippen LogP contribution is -2.47. The molecule has 1 aliphatic heterocycles. The van der Waals surface area contributed by atoms with Crippen LogP contribution in [0.4, 0.5) is 0 Å². The fraction of sp³-hybridized carbons (Fsp3) is 0.750. The third-order valence-corrected chi connectivity index (χ3v) is 4.61. The fourth-order valence-electron chi connectivity index (χ4n) is 2.56. The molecule has 3 unspecified atom stereocenters. The summed E-state index contributed by atoms with van der Waals surface area (Å²) < 4.78 is 0. The highest BCUT2D eigenvalue weighted by molar-refractivity contribution is 7.09. The predicted molar refractivity (Wildman–Crippen MR) is 68.7 cm³/mol. The Bertz CT molecular complexity index is 312. The number of rotatable bonds is 3. The molecule has 1 aromatic heterocycles. The van der Waals surface area contributed by atoms with E-state index in [9.17, 15) is 0 Å². The van der Waals surface area contributed by atoms with Crippen molar-refractivity contribution in [3.63, 3.8) is 0 Å². The van der Waals surface area contributed by atoms with E-state index in [0.717, 1.165) is 5.92 Å². The van der Waals surface area contributed by atoms with E-state index in [1.807, 2.05) is 6.20 Å². The van der Waals surface area contributed by atoms with Gasteiger partial charge in [-0.15, -0.1) is 11.3 Å². The van der Waals surface area contributed by atoms with E-state index >= 15 is 0 Å². The quantitative estimate of drug-likeness (QED) is 0.876. The number of nitrogens with one attached hydrogen (secondary N) is 1. The van der Waals surface area contributed by atoms with Crippen LogP contribution in [0, 0.1) is 5.92 Å². The van der Waals surface area contributed by atoms with Crippen LogP contribution < -0.4 is 5.32 Å². The van der Waals surface area contributed by atoms with Crippen molar-refractivity contribution in [3.8, 4) is 0 Å². The van der Waals surface area contributed by atoms with E-state index in [4.69, 9.17) is 0 Å². The highest BCUT2D eigenvalue weighted by Crippen LogP contribution is 2.27. The van der Waals surface area contributed by atoms with Crippen molar-refractivity contribution < 1.29 is 0 Å². The Morgan fingerprint density at radius 1 is 1.62 bits per heavy atom. The van der Waals surface area contributed by atoms with E-state index in [2.05, 4.69) is 41.5 Å². The Morgan fingerprint density at radius 3 is 3.00 bits per heavy atom. The molecule has 1 N–H and O–H groups in total. The van der Waals surface area contributed by atoms with Crippen molar-refractivity contribution in [1.82, 2.24) is 15.2 Å². The van der Waals surface area contributed by atoms with E-state index in [1.165, 1.54) is 24.5 Å². The molecule has 1 saturated heterocycles. The second-order valence-corrected chi connectivity index (χ2v) is 5.63. The minimum absolute atomic E-state index is 0.472. The van der Waals surface area contributed by atoms with E-state index < -0.39 is 0 Å². The van der Waals surface area contributed by atoms with Crippen LogP contribution in [0.2, 0.25) is 0 Å². The van der Waals surface area contributed by atoms with Crippen LogP contribution in [-0.4, -0.2) is 36.1 Å². The van der Waals surface area contributed by atoms with Gasteiger partial charge in [-0.2, -0.15) is 0 Å². The molecule has 2 rings (SSSR count). The number of piperidine rings is 1. The lowest BCUT2D eigenvalue weighted by molar-refractivity contribution is 0.114. The van der Waals surface area contributed by atoms with Gasteiger partial charge in [0, 0.05) is 30.7 Å². The maximum Gasteiger partial charge on any atom is 0.109 e. The summed E-state index contributed by atoms with van der Waals surface area (Å²) in [5.41, 5.74) is 0. The molecule has 0 saturated carbocycles. The van der Waals surface area contributed by atoms with Gasteiger partial charge in [0.15, 0.2) is 0 Å². The van der Waals surface area contributed by atoms with Gasteiger partial charge in [-0.25, -0.2) is 4.98 Å². The van der Waals surface area contributed by atoms with Gasteiger partial charge in [-0.3, -0.25) is 4.90 Å². The number of thiazole rings is 1. The summed E-state index contributed by atoms with van der Waals surface area (Å²) in [5, 5.41) is 6.72. The molecule has 16 heavy (non-hydrogen) atoms. The minimum atomic E-state index is 0.472. The maximum absolute atomic E-state index is 4.42. The molecule has 0 aromatic carbocycles.